The van der Waals surface area contributed by atoms with E-state index in [9.17, 15) is 9.50 Å². The Morgan fingerprint density at radius 1 is 1.67 bits per heavy atom. The molecular formula is C12H18FIO. The fraction of sp³-hybridized carbons (Fsp3) is 0.667. The summed E-state index contributed by atoms with van der Waals surface area (Å²) < 4.78 is 12.6. The van der Waals surface area contributed by atoms with E-state index in [1.165, 1.54) is 0 Å². The lowest BCUT2D eigenvalue weighted by molar-refractivity contribution is 0.0898. The molecule has 0 saturated carbocycles. The molecule has 1 aliphatic carbocycles. The molecule has 3 heteroatoms. The van der Waals surface area contributed by atoms with E-state index in [1.54, 1.807) is 35.6 Å². The van der Waals surface area contributed by atoms with E-state index >= 15 is 0 Å². The van der Waals surface area contributed by atoms with Crippen molar-refractivity contribution in [1.29, 1.82) is 0 Å². The standard InChI is InChI=1S/C12H18FIO/c1-4-5-11(3,15)10-6-9(2)7-12(13,14)8-10/h6,8,15H,4-5,7H2,1-3H3/t11?,12-/m0/s1. The topological polar surface area (TPSA) is 20.2 Å². The van der Waals surface area contributed by atoms with Gasteiger partial charge < -0.3 is 5.11 Å². The van der Waals surface area contributed by atoms with E-state index in [2.05, 4.69) is 0 Å². The number of allylic oxidation sites excluding steroid dienone is 2. The molecule has 0 heterocycles. The van der Waals surface area contributed by atoms with E-state index < -0.39 is 9.28 Å². The van der Waals surface area contributed by atoms with Gasteiger partial charge in [-0.05, 0) is 54.5 Å². The largest absolute Gasteiger partial charge is 0.385 e. The van der Waals surface area contributed by atoms with Gasteiger partial charge in [-0.15, -0.1) is 0 Å². The average Bonchev–Trinajstić information content (AvgIpc) is 1.99. The Balaban J connectivity index is 2.99. The Morgan fingerprint density at radius 2 is 2.27 bits per heavy atom. The minimum absolute atomic E-state index is 0.416. The van der Waals surface area contributed by atoms with Gasteiger partial charge in [0.1, 0.15) is 0 Å². The van der Waals surface area contributed by atoms with Gasteiger partial charge in [0.15, 0.2) is 3.68 Å². The van der Waals surface area contributed by atoms with Crippen LogP contribution in [-0.2, 0) is 0 Å². The molecule has 0 aromatic carbocycles. The molecule has 15 heavy (non-hydrogen) atoms. The lowest BCUT2D eigenvalue weighted by atomic mass is 9.85. The van der Waals surface area contributed by atoms with Crippen molar-refractivity contribution in [3.8, 4) is 0 Å². The number of hydrogen-bond donors (Lipinski definition) is 1. The third-order valence-corrected chi connectivity index (χ3v) is 3.33. The van der Waals surface area contributed by atoms with Crippen molar-refractivity contribution < 1.29 is 9.50 Å². The molecule has 1 aliphatic rings. The Labute approximate surface area is 105 Å². The molecule has 0 radical (unpaired) electrons. The zero-order valence-electron chi connectivity index (χ0n) is 9.48. The second-order valence-corrected chi connectivity index (χ2v) is 6.35. The van der Waals surface area contributed by atoms with Crippen LogP contribution in [0.3, 0.4) is 0 Å². The summed E-state index contributed by atoms with van der Waals surface area (Å²) in [5.41, 5.74) is 0.796. The molecule has 0 saturated heterocycles. The Kier molecular flexibility index (Phi) is 3.98. The van der Waals surface area contributed by atoms with Crippen LogP contribution in [0.25, 0.3) is 0 Å². The van der Waals surface area contributed by atoms with Crippen LogP contribution < -0.4 is 0 Å². The van der Waals surface area contributed by atoms with Crippen molar-refractivity contribution in [3.05, 3.63) is 23.3 Å². The van der Waals surface area contributed by atoms with Crippen LogP contribution in [0.5, 0.6) is 0 Å². The highest BCUT2D eigenvalue weighted by Gasteiger charge is 2.33. The molecule has 1 unspecified atom stereocenters. The van der Waals surface area contributed by atoms with Crippen LogP contribution in [0.15, 0.2) is 23.3 Å². The van der Waals surface area contributed by atoms with Gasteiger partial charge in [0.2, 0.25) is 0 Å². The fourth-order valence-electron chi connectivity index (χ4n) is 1.95. The molecule has 0 amide bonds. The Morgan fingerprint density at radius 3 is 2.73 bits per heavy atom. The molecule has 0 aromatic rings. The van der Waals surface area contributed by atoms with Crippen molar-refractivity contribution >= 4 is 22.6 Å². The van der Waals surface area contributed by atoms with E-state index in [0.717, 1.165) is 12.0 Å². The molecule has 0 aromatic heterocycles. The molecule has 2 atom stereocenters. The van der Waals surface area contributed by atoms with Crippen molar-refractivity contribution in [3.63, 3.8) is 0 Å². The molecule has 0 spiro atoms. The predicted octanol–water partition coefficient (Wildman–Crippen LogP) is 3.91. The second-order valence-electron chi connectivity index (χ2n) is 4.55. The summed E-state index contributed by atoms with van der Waals surface area (Å²) in [7, 11) is 0. The average molecular weight is 324 g/mol. The van der Waals surface area contributed by atoms with Crippen molar-refractivity contribution in [2.24, 2.45) is 0 Å². The van der Waals surface area contributed by atoms with Gasteiger partial charge in [0.25, 0.3) is 0 Å². The maximum Gasteiger partial charge on any atom is 0.183 e. The summed E-state index contributed by atoms with van der Waals surface area (Å²) in [6.07, 6.45) is 5.43. The van der Waals surface area contributed by atoms with Crippen LogP contribution in [-0.4, -0.2) is 14.4 Å². The van der Waals surface area contributed by atoms with Crippen LogP contribution >= 0.6 is 22.6 Å². The van der Waals surface area contributed by atoms with Gasteiger partial charge in [-0.3, -0.25) is 0 Å². The quantitative estimate of drug-likeness (QED) is 0.616. The fourth-order valence-corrected chi connectivity index (χ4v) is 2.89. The summed E-state index contributed by atoms with van der Waals surface area (Å²) in [4.78, 5) is 0. The number of alkyl halides is 2. The van der Waals surface area contributed by atoms with Crippen LogP contribution in [0.2, 0.25) is 0 Å². The number of rotatable bonds is 3. The highest BCUT2D eigenvalue weighted by molar-refractivity contribution is 14.1. The molecular weight excluding hydrogens is 306 g/mol. The first kappa shape index (κ1) is 13.2. The highest BCUT2D eigenvalue weighted by Crippen LogP contribution is 2.39. The van der Waals surface area contributed by atoms with Gasteiger partial charge in [-0.1, -0.05) is 25.0 Å². The monoisotopic (exact) mass is 324 g/mol. The lowest BCUT2D eigenvalue weighted by Crippen LogP contribution is -2.30. The third-order valence-electron chi connectivity index (χ3n) is 2.64. The second kappa shape index (κ2) is 4.53. The molecule has 86 valence electrons. The molecule has 1 rings (SSSR count). The first-order valence-corrected chi connectivity index (χ1v) is 6.35. The Hall–Kier alpha value is 0.1000. The van der Waals surface area contributed by atoms with E-state index in [4.69, 9.17) is 0 Å². The smallest absolute Gasteiger partial charge is 0.183 e. The van der Waals surface area contributed by atoms with E-state index in [1.807, 2.05) is 19.9 Å². The predicted molar refractivity (Wildman–Crippen MR) is 69.8 cm³/mol. The summed E-state index contributed by atoms with van der Waals surface area (Å²) in [6.45, 7) is 5.67. The maximum atomic E-state index is 13.9. The SMILES string of the molecule is CCCC(C)(O)C1=C[C@@](F)(I)CC(C)=C1. The maximum absolute atomic E-state index is 13.9. The molecule has 0 bridgehead atoms. The first-order valence-electron chi connectivity index (χ1n) is 5.27. The van der Waals surface area contributed by atoms with Crippen molar-refractivity contribution in [2.75, 3.05) is 0 Å². The van der Waals surface area contributed by atoms with Gasteiger partial charge in [-0.2, -0.15) is 0 Å². The van der Waals surface area contributed by atoms with E-state index in [-0.39, 0.29) is 0 Å². The van der Waals surface area contributed by atoms with Gasteiger partial charge in [-0.25, -0.2) is 4.39 Å². The normalized spacial score (nSPS) is 30.5. The number of halogens is 2. The summed E-state index contributed by atoms with van der Waals surface area (Å²) >= 11 is 1.79. The summed E-state index contributed by atoms with van der Waals surface area (Å²) in [5, 5.41) is 10.2. The first-order chi connectivity index (χ1) is 6.77. The zero-order chi connectivity index (χ0) is 11.7. The number of aliphatic hydroxyl groups is 1. The third kappa shape index (κ3) is 3.55. The van der Waals surface area contributed by atoms with Crippen LogP contribution in [0.1, 0.15) is 40.0 Å². The van der Waals surface area contributed by atoms with E-state index in [0.29, 0.717) is 18.4 Å². The van der Waals surface area contributed by atoms with Crippen LogP contribution in [0, 0.1) is 0 Å². The zero-order valence-corrected chi connectivity index (χ0v) is 11.6. The van der Waals surface area contributed by atoms with Crippen molar-refractivity contribution in [1.82, 2.24) is 0 Å². The molecule has 0 fully saturated rings. The molecule has 1 nitrogen and oxygen atoms in total. The minimum atomic E-state index is -1.34. The van der Waals surface area contributed by atoms with Gasteiger partial charge in [0.05, 0.1) is 5.60 Å². The molecule has 1 N–H and O–H groups in total. The summed E-state index contributed by atoms with van der Waals surface area (Å²) in [6, 6.07) is 0. The van der Waals surface area contributed by atoms with Gasteiger partial charge >= 0.3 is 0 Å². The summed E-state index contributed by atoms with van der Waals surface area (Å²) in [5.74, 6) is 0. The Bertz CT molecular complexity index is 303. The number of hydrogen-bond acceptors (Lipinski definition) is 1. The van der Waals surface area contributed by atoms with Crippen LogP contribution in [0.4, 0.5) is 4.39 Å². The minimum Gasteiger partial charge on any atom is -0.385 e. The van der Waals surface area contributed by atoms with Crippen molar-refractivity contribution in [2.45, 2.75) is 49.3 Å². The molecule has 0 aliphatic heterocycles. The van der Waals surface area contributed by atoms with Gasteiger partial charge in [0, 0.05) is 6.42 Å². The highest BCUT2D eigenvalue weighted by atomic mass is 127. The lowest BCUT2D eigenvalue weighted by Gasteiger charge is -2.30.